The molecule has 1 saturated heterocycles. The molecule has 0 bridgehead atoms. The zero-order chi connectivity index (χ0) is 14.8. The summed E-state index contributed by atoms with van der Waals surface area (Å²) in [6, 6.07) is 0. The fraction of sp³-hybridized carbons (Fsp3) is 1.00. The molecule has 2 unspecified atom stereocenters. The van der Waals surface area contributed by atoms with Crippen molar-refractivity contribution in [2.45, 2.75) is 58.2 Å². The second kappa shape index (κ2) is 10.7. The molecular weight excluding hydrogens is 240 g/mol. The molecule has 6 heteroatoms. The number of hydrogen-bond acceptors (Lipinski definition) is 6. The lowest BCUT2D eigenvalue weighted by Gasteiger charge is -2.20. The van der Waals surface area contributed by atoms with E-state index in [9.17, 15) is 5.11 Å². The van der Waals surface area contributed by atoms with Crippen molar-refractivity contribution in [1.82, 2.24) is 0 Å². The maximum absolute atomic E-state index is 9.20. The van der Waals surface area contributed by atoms with Crippen LogP contribution in [-0.2, 0) is 9.47 Å². The molecule has 0 saturated carbocycles. The van der Waals surface area contributed by atoms with Crippen molar-refractivity contribution in [3.05, 3.63) is 0 Å². The predicted molar refractivity (Wildman–Crippen MR) is 68.1 cm³/mol. The van der Waals surface area contributed by atoms with E-state index in [1.807, 2.05) is 13.8 Å². The molecule has 0 aromatic heterocycles. The van der Waals surface area contributed by atoms with E-state index in [2.05, 4.69) is 0 Å². The van der Waals surface area contributed by atoms with Crippen LogP contribution in [0.3, 0.4) is 0 Å². The largest absolute Gasteiger partial charge is 0.394 e. The predicted octanol–water partition coefficient (Wildman–Crippen LogP) is -0.123. The van der Waals surface area contributed by atoms with Gasteiger partial charge in [-0.3, -0.25) is 0 Å². The molecule has 0 radical (unpaired) electrons. The Morgan fingerprint density at radius 3 is 2.11 bits per heavy atom. The molecule has 1 fully saturated rings. The molecule has 0 aliphatic carbocycles. The van der Waals surface area contributed by atoms with Crippen LogP contribution < -0.4 is 0 Å². The van der Waals surface area contributed by atoms with E-state index in [1.54, 1.807) is 7.11 Å². The third kappa shape index (κ3) is 10.9. The molecule has 1 aliphatic rings. The topological polar surface area (TPSA) is 99.4 Å². The molecule has 1 rings (SSSR count). The first-order chi connectivity index (χ1) is 8.29. The highest BCUT2D eigenvalue weighted by Gasteiger charge is 2.33. The molecule has 18 heavy (non-hydrogen) atoms. The Balaban J connectivity index is 0. The first-order valence-corrected chi connectivity index (χ1v) is 6.17. The summed E-state index contributed by atoms with van der Waals surface area (Å²) >= 11 is 0. The highest BCUT2D eigenvalue weighted by Crippen LogP contribution is 2.18. The third-order valence-electron chi connectivity index (χ3n) is 1.95. The first kappa shape index (κ1) is 20.1. The Bertz CT molecular complexity index is 174. The monoisotopic (exact) mass is 268 g/mol. The average molecular weight is 268 g/mol. The van der Waals surface area contributed by atoms with Crippen molar-refractivity contribution in [3.63, 3.8) is 0 Å². The Hall–Kier alpha value is -0.240. The van der Waals surface area contributed by atoms with Crippen molar-refractivity contribution in [2.24, 2.45) is 0 Å². The van der Waals surface area contributed by atoms with Gasteiger partial charge in [-0.1, -0.05) is 13.8 Å². The van der Waals surface area contributed by atoms with Gasteiger partial charge in [-0.05, 0) is 20.3 Å². The summed E-state index contributed by atoms with van der Waals surface area (Å²) in [6.45, 7) is 6.92. The van der Waals surface area contributed by atoms with Crippen molar-refractivity contribution in [1.29, 1.82) is 0 Å². The summed E-state index contributed by atoms with van der Waals surface area (Å²) in [5, 5.41) is 34.0. The Morgan fingerprint density at radius 2 is 1.78 bits per heavy atom. The minimum atomic E-state index is -1.50. The summed E-state index contributed by atoms with van der Waals surface area (Å²) in [5.41, 5.74) is 0. The number of hydrogen-bond donors (Lipinski definition) is 4. The van der Waals surface area contributed by atoms with Crippen LogP contribution in [0.2, 0.25) is 0 Å². The minimum absolute atomic E-state index is 0.0721. The van der Waals surface area contributed by atoms with Crippen LogP contribution >= 0.6 is 0 Å². The molecule has 0 amide bonds. The van der Waals surface area contributed by atoms with Gasteiger partial charge in [0, 0.05) is 13.7 Å². The summed E-state index contributed by atoms with van der Waals surface area (Å²) in [4.78, 5) is 0. The molecule has 112 valence electrons. The Labute approximate surface area is 109 Å². The fourth-order valence-electron chi connectivity index (χ4n) is 1.31. The van der Waals surface area contributed by atoms with Gasteiger partial charge in [0.25, 0.3) is 0 Å². The summed E-state index contributed by atoms with van der Waals surface area (Å²) < 4.78 is 10.2. The molecule has 1 aliphatic heterocycles. The van der Waals surface area contributed by atoms with E-state index in [0.29, 0.717) is 6.61 Å². The maximum Gasteiger partial charge on any atom is 0.156 e. The second-order valence-corrected chi connectivity index (χ2v) is 4.14. The summed E-state index contributed by atoms with van der Waals surface area (Å²) in [6.07, 6.45) is -0.456. The van der Waals surface area contributed by atoms with Gasteiger partial charge >= 0.3 is 0 Å². The molecule has 0 aromatic rings. The molecule has 4 N–H and O–H groups in total. The molecule has 1 heterocycles. The van der Waals surface area contributed by atoms with Crippen LogP contribution in [0.15, 0.2) is 0 Å². The van der Waals surface area contributed by atoms with Gasteiger partial charge in [0.05, 0.1) is 12.7 Å². The van der Waals surface area contributed by atoms with Gasteiger partial charge in [-0.2, -0.15) is 0 Å². The number of aliphatic hydroxyl groups is 4. The fourth-order valence-corrected chi connectivity index (χ4v) is 1.31. The van der Waals surface area contributed by atoms with Crippen LogP contribution in [0.4, 0.5) is 0 Å². The van der Waals surface area contributed by atoms with Crippen LogP contribution in [0, 0.1) is 0 Å². The van der Waals surface area contributed by atoms with Crippen molar-refractivity contribution < 1.29 is 29.9 Å². The average Bonchev–Trinajstić information content (AvgIpc) is 2.76. The Kier molecular flexibility index (Phi) is 11.9. The van der Waals surface area contributed by atoms with Gasteiger partial charge in [0.15, 0.2) is 5.79 Å². The van der Waals surface area contributed by atoms with E-state index in [1.165, 1.54) is 13.8 Å². The van der Waals surface area contributed by atoms with Crippen molar-refractivity contribution in [3.8, 4) is 0 Å². The van der Waals surface area contributed by atoms with Crippen LogP contribution in [0.1, 0.15) is 34.1 Å². The van der Waals surface area contributed by atoms with E-state index in [-0.39, 0.29) is 18.8 Å². The van der Waals surface area contributed by atoms with Gasteiger partial charge in [-0.15, -0.1) is 0 Å². The number of aliphatic hydroxyl groups excluding tert-OH is 2. The van der Waals surface area contributed by atoms with Gasteiger partial charge in [0.1, 0.15) is 12.2 Å². The highest BCUT2D eigenvalue weighted by molar-refractivity contribution is 4.82. The van der Waals surface area contributed by atoms with E-state index < -0.39 is 11.9 Å². The SMILES string of the molecule is CC.CC(C)(O)O.CO[C@@H]1CCOC1C(O)CO. The highest BCUT2D eigenvalue weighted by atomic mass is 16.6. The lowest BCUT2D eigenvalue weighted by Crippen LogP contribution is -2.37. The molecule has 0 aromatic carbocycles. The molecule has 3 atom stereocenters. The number of rotatable bonds is 3. The van der Waals surface area contributed by atoms with E-state index >= 15 is 0 Å². The van der Waals surface area contributed by atoms with Gasteiger partial charge in [-0.25, -0.2) is 0 Å². The first-order valence-electron chi connectivity index (χ1n) is 6.17. The molecule has 6 nitrogen and oxygen atoms in total. The zero-order valence-electron chi connectivity index (χ0n) is 12.0. The lowest BCUT2D eigenvalue weighted by molar-refractivity contribution is -0.127. The maximum atomic E-state index is 9.20. The van der Waals surface area contributed by atoms with Crippen LogP contribution in [0.25, 0.3) is 0 Å². The number of ether oxygens (including phenoxy) is 2. The van der Waals surface area contributed by atoms with Gasteiger partial charge < -0.3 is 29.9 Å². The second-order valence-electron chi connectivity index (χ2n) is 4.14. The smallest absolute Gasteiger partial charge is 0.156 e. The van der Waals surface area contributed by atoms with Crippen LogP contribution in [0.5, 0.6) is 0 Å². The third-order valence-corrected chi connectivity index (χ3v) is 1.95. The Morgan fingerprint density at radius 1 is 1.33 bits per heavy atom. The quantitative estimate of drug-likeness (QED) is 0.532. The van der Waals surface area contributed by atoms with E-state index in [4.69, 9.17) is 24.8 Å². The molecule has 0 spiro atoms. The van der Waals surface area contributed by atoms with Crippen molar-refractivity contribution in [2.75, 3.05) is 20.3 Å². The standard InChI is InChI=1S/C7H14O4.C3H8O2.C2H6/c1-10-6-2-3-11-7(6)5(9)4-8;1-3(2,4)5;1-2/h5-9H,2-4H2,1H3;4-5H,1-2H3;1-2H3/t5?,6-,7?;;/m1../s1. The minimum Gasteiger partial charge on any atom is -0.394 e. The number of methoxy groups -OCH3 is 1. The normalized spacial score (nSPS) is 24.5. The lowest BCUT2D eigenvalue weighted by atomic mass is 10.1. The summed E-state index contributed by atoms with van der Waals surface area (Å²) in [5.74, 6) is -1.50. The zero-order valence-corrected chi connectivity index (χ0v) is 12.0. The summed E-state index contributed by atoms with van der Waals surface area (Å²) in [7, 11) is 1.58. The van der Waals surface area contributed by atoms with Crippen molar-refractivity contribution >= 4 is 0 Å². The van der Waals surface area contributed by atoms with Crippen LogP contribution in [-0.4, -0.2) is 64.8 Å². The molecular formula is C12H28O6. The van der Waals surface area contributed by atoms with Gasteiger partial charge in [0.2, 0.25) is 0 Å². The van der Waals surface area contributed by atoms with E-state index in [0.717, 1.165) is 6.42 Å².